The van der Waals surface area contributed by atoms with Crippen LogP contribution in [-0.4, -0.2) is 56.8 Å². The number of ether oxygens (including phenoxy) is 1. The van der Waals surface area contributed by atoms with E-state index in [4.69, 9.17) is 9.26 Å². The molecule has 2 atom stereocenters. The summed E-state index contributed by atoms with van der Waals surface area (Å²) in [4.78, 5) is 21.4. The Morgan fingerprint density at radius 2 is 2.07 bits per heavy atom. The predicted octanol–water partition coefficient (Wildman–Crippen LogP) is 4.16. The van der Waals surface area contributed by atoms with Crippen molar-refractivity contribution < 1.29 is 14.1 Å². The SMILES string of the molecule is CN(Cc1nc(-c2ccsc2)no1)C1CC2CCC(C1)N2C(=O)OC(C)(C)C. The maximum absolute atomic E-state index is 12.6. The van der Waals surface area contributed by atoms with Crippen LogP contribution in [0.4, 0.5) is 4.79 Å². The quantitative estimate of drug-likeness (QED) is 0.762. The highest BCUT2D eigenvalue weighted by Crippen LogP contribution is 2.38. The van der Waals surface area contributed by atoms with Gasteiger partial charge in [-0.1, -0.05) is 5.16 Å². The second kappa shape index (κ2) is 7.48. The van der Waals surface area contributed by atoms with Crippen molar-refractivity contribution in [1.29, 1.82) is 0 Å². The molecule has 8 heteroatoms. The minimum Gasteiger partial charge on any atom is -0.444 e. The molecule has 0 radical (unpaired) electrons. The van der Waals surface area contributed by atoms with Gasteiger partial charge in [-0.25, -0.2) is 4.79 Å². The van der Waals surface area contributed by atoms with E-state index >= 15 is 0 Å². The van der Waals surface area contributed by atoms with Crippen LogP contribution < -0.4 is 0 Å². The summed E-state index contributed by atoms with van der Waals surface area (Å²) >= 11 is 1.62. The fourth-order valence-corrected chi connectivity index (χ4v) is 4.93. The second-order valence-electron chi connectivity index (χ2n) is 8.84. The zero-order valence-corrected chi connectivity index (χ0v) is 17.7. The Hall–Kier alpha value is -1.93. The highest BCUT2D eigenvalue weighted by Gasteiger charge is 2.45. The third-order valence-corrected chi connectivity index (χ3v) is 6.25. The number of hydrogen-bond donors (Lipinski definition) is 0. The van der Waals surface area contributed by atoms with Crippen LogP contribution in [0.5, 0.6) is 0 Å². The summed E-state index contributed by atoms with van der Waals surface area (Å²) in [6.07, 6.45) is 3.85. The average molecular weight is 405 g/mol. The van der Waals surface area contributed by atoms with Gasteiger partial charge in [-0.2, -0.15) is 16.3 Å². The van der Waals surface area contributed by atoms with Gasteiger partial charge in [0, 0.05) is 29.1 Å². The number of nitrogens with zero attached hydrogens (tertiary/aromatic N) is 4. The van der Waals surface area contributed by atoms with E-state index in [0.29, 0.717) is 24.3 Å². The van der Waals surface area contributed by atoms with Crippen LogP contribution in [0.3, 0.4) is 0 Å². The third-order valence-electron chi connectivity index (χ3n) is 5.57. The number of fused-ring (bicyclic) bond motifs is 2. The first-order chi connectivity index (χ1) is 13.3. The summed E-state index contributed by atoms with van der Waals surface area (Å²) in [5.74, 6) is 1.27. The number of aromatic nitrogens is 2. The molecule has 152 valence electrons. The van der Waals surface area contributed by atoms with Crippen molar-refractivity contribution in [1.82, 2.24) is 19.9 Å². The van der Waals surface area contributed by atoms with E-state index in [2.05, 4.69) is 22.1 Å². The summed E-state index contributed by atoms with van der Waals surface area (Å²) in [6.45, 7) is 6.37. The molecular formula is C20H28N4O3S. The maximum Gasteiger partial charge on any atom is 0.410 e. The van der Waals surface area contributed by atoms with Gasteiger partial charge in [-0.05, 0) is 64.9 Å². The summed E-state index contributed by atoms with van der Waals surface area (Å²) < 4.78 is 11.1. The number of hydrogen-bond acceptors (Lipinski definition) is 7. The van der Waals surface area contributed by atoms with E-state index < -0.39 is 5.60 Å². The fraction of sp³-hybridized carbons (Fsp3) is 0.650. The van der Waals surface area contributed by atoms with Crippen LogP contribution in [0.1, 0.15) is 52.3 Å². The van der Waals surface area contributed by atoms with Crippen molar-refractivity contribution in [2.24, 2.45) is 0 Å². The molecular weight excluding hydrogens is 376 g/mol. The van der Waals surface area contributed by atoms with Crippen molar-refractivity contribution in [2.75, 3.05) is 7.05 Å². The lowest BCUT2D eigenvalue weighted by molar-refractivity contribution is -0.00343. The highest BCUT2D eigenvalue weighted by molar-refractivity contribution is 7.08. The number of rotatable bonds is 4. The van der Waals surface area contributed by atoms with Gasteiger partial charge in [0.05, 0.1) is 6.54 Å². The van der Waals surface area contributed by atoms with E-state index in [9.17, 15) is 4.79 Å². The first kappa shape index (κ1) is 19.4. The van der Waals surface area contributed by atoms with Crippen molar-refractivity contribution in [3.05, 3.63) is 22.7 Å². The second-order valence-corrected chi connectivity index (χ2v) is 9.62. The molecule has 2 unspecified atom stereocenters. The third kappa shape index (κ3) is 4.07. The predicted molar refractivity (Wildman–Crippen MR) is 107 cm³/mol. The lowest BCUT2D eigenvalue weighted by Crippen LogP contribution is -2.52. The van der Waals surface area contributed by atoms with Crippen LogP contribution in [0.25, 0.3) is 11.4 Å². The van der Waals surface area contributed by atoms with Crippen LogP contribution in [0, 0.1) is 0 Å². The topological polar surface area (TPSA) is 71.7 Å². The number of thiophene rings is 1. The monoisotopic (exact) mass is 404 g/mol. The Bertz CT molecular complexity index is 800. The van der Waals surface area contributed by atoms with E-state index in [1.807, 2.05) is 42.5 Å². The number of carbonyl (C=O) groups excluding carboxylic acids is 1. The molecule has 1 amide bonds. The van der Waals surface area contributed by atoms with Crippen LogP contribution in [0.2, 0.25) is 0 Å². The molecule has 2 aliphatic rings. The van der Waals surface area contributed by atoms with Gasteiger partial charge < -0.3 is 14.2 Å². The van der Waals surface area contributed by atoms with Gasteiger partial charge in [-0.15, -0.1) is 0 Å². The molecule has 0 N–H and O–H groups in total. The van der Waals surface area contributed by atoms with Gasteiger partial charge in [0.25, 0.3) is 0 Å². The normalized spacial score (nSPS) is 24.8. The Labute approximate surface area is 169 Å². The van der Waals surface area contributed by atoms with Gasteiger partial charge in [0.1, 0.15) is 5.60 Å². The summed E-state index contributed by atoms with van der Waals surface area (Å²) in [5.41, 5.74) is 0.536. The van der Waals surface area contributed by atoms with E-state index in [-0.39, 0.29) is 18.2 Å². The molecule has 7 nitrogen and oxygen atoms in total. The molecule has 0 spiro atoms. The summed E-state index contributed by atoms with van der Waals surface area (Å²) in [5, 5.41) is 8.11. The standard InChI is InChI=1S/C20H28N4O3S/c1-20(2,3)26-19(25)24-14-5-6-15(24)10-16(9-14)23(4)11-17-21-18(22-27-17)13-7-8-28-12-13/h7-8,12,14-16H,5-6,9-11H2,1-4H3. The molecule has 4 heterocycles. The highest BCUT2D eigenvalue weighted by atomic mass is 32.1. The zero-order chi connectivity index (χ0) is 19.9. The van der Waals surface area contributed by atoms with Crippen LogP contribution in [0.15, 0.2) is 21.3 Å². The summed E-state index contributed by atoms with van der Waals surface area (Å²) in [7, 11) is 2.10. The first-order valence-corrected chi connectivity index (χ1v) is 10.8. The molecule has 0 saturated carbocycles. The molecule has 2 bridgehead atoms. The van der Waals surface area contributed by atoms with Crippen LogP contribution in [-0.2, 0) is 11.3 Å². The Balaban J connectivity index is 1.37. The number of carbonyl (C=O) groups is 1. The smallest absolute Gasteiger partial charge is 0.410 e. The van der Waals surface area contributed by atoms with Crippen molar-refractivity contribution in [3.8, 4) is 11.4 Å². The van der Waals surface area contributed by atoms with E-state index in [0.717, 1.165) is 31.2 Å². The molecule has 4 rings (SSSR count). The Kier molecular flexibility index (Phi) is 5.18. The molecule has 0 aromatic carbocycles. The minimum atomic E-state index is -0.456. The average Bonchev–Trinajstić information content (AvgIpc) is 3.33. The molecule has 2 aromatic heterocycles. The van der Waals surface area contributed by atoms with E-state index in [1.54, 1.807) is 11.3 Å². The Morgan fingerprint density at radius 1 is 1.36 bits per heavy atom. The first-order valence-electron chi connectivity index (χ1n) is 9.87. The molecule has 28 heavy (non-hydrogen) atoms. The number of piperidine rings is 1. The van der Waals surface area contributed by atoms with Crippen molar-refractivity contribution in [3.63, 3.8) is 0 Å². The van der Waals surface area contributed by atoms with Gasteiger partial charge in [0.15, 0.2) is 0 Å². The zero-order valence-electron chi connectivity index (χ0n) is 16.9. The molecule has 2 aliphatic heterocycles. The largest absolute Gasteiger partial charge is 0.444 e. The van der Waals surface area contributed by atoms with Gasteiger partial charge >= 0.3 is 6.09 Å². The van der Waals surface area contributed by atoms with E-state index in [1.165, 1.54) is 0 Å². The molecule has 2 fully saturated rings. The summed E-state index contributed by atoms with van der Waals surface area (Å²) in [6, 6.07) is 2.90. The van der Waals surface area contributed by atoms with Crippen molar-refractivity contribution >= 4 is 17.4 Å². The van der Waals surface area contributed by atoms with Gasteiger partial charge in [-0.3, -0.25) is 4.90 Å². The maximum atomic E-state index is 12.6. The lowest BCUT2D eigenvalue weighted by Gasteiger charge is -2.42. The van der Waals surface area contributed by atoms with Crippen molar-refractivity contribution in [2.45, 2.75) is 76.7 Å². The lowest BCUT2D eigenvalue weighted by atomic mass is 9.96. The minimum absolute atomic E-state index is 0.168. The van der Waals surface area contributed by atoms with Gasteiger partial charge in [0.2, 0.25) is 11.7 Å². The number of amides is 1. The molecule has 0 aliphatic carbocycles. The van der Waals surface area contributed by atoms with Crippen LogP contribution >= 0.6 is 11.3 Å². The molecule has 2 saturated heterocycles. The fourth-order valence-electron chi connectivity index (χ4n) is 4.29. The molecule has 2 aromatic rings. The Morgan fingerprint density at radius 3 is 2.68 bits per heavy atom.